The zero-order valence-electron chi connectivity index (χ0n) is 15.1. The van der Waals surface area contributed by atoms with Gasteiger partial charge in [0.15, 0.2) is 6.10 Å². The standard InChI is InChI=1S/C17H19F3N4O3/c1-8-14(9(2)24(4)23-8)22-15(25)10(3)27-16(26)12-6-5-11(7-13(12)21)17(18,19)20/h5-7,10H,21H2,1-4H3,(H,22,25)/t10-/m0/s1. The number of alkyl halides is 3. The predicted octanol–water partition coefficient (Wildman–Crippen LogP) is 2.82. The van der Waals surface area contributed by atoms with Crippen LogP contribution in [0, 0.1) is 13.8 Å². The lowest BCUT2D eigenvalue weighted by molar-refractivity contribution is -0.137. The van der Waals surface area contributed by atoms with Crippen LogP contribution in [0.15, 0.2) is 18.2 Å². The zero-order chi connectivity index (χ0) is 20.5. The number of anilines is 2. The van der Waals surface area contributed by atoms with E-state index in [-0.39, 0.29) is 11.3 Å². The quantitative estimate of drug-likeness (QED) is 0.624. The lowest BCUT2D eigenvalue weighted by Crippen LogP contribution is -2.30. The fourth-order valence-corrected chi connectivity index (χ4v) is 2.38. The summed E-state index contributed by atoms with van der Waals surface area (Å²) in [7, 11) is 1.72. The molecule has 1 aromatic carbocycles. The molecule has 10 heteroatoms. The van der Waals surface area contributed by atoms with Gasteiger partial charge in [-0.2, -0.15) is 18.3 Å². The lowest BCUT2D eigenvalue weighted by Gasteiger charge is -2.15. The highest BCUT2D eigenvalue weighted by atomic mass is 19.4. The highest BCUT2D eigenvalue weighted by molar-refractivity contribution is 5.99. The normalized spacial score (nSPS) is 12.6. The van der Waals surface area contributed by atoms with Gasteiger partial charge in [-0.3, -0.25) is 9.48 Å². The number of nitrogens with one attached hydrogen (secondary N) is 1. The van der Waals surface area contributed by atoms with E-state index in [4.69, 9.17) is 10.5 Å². The van der Waals surface area contributed by atoms with Crippen LogP contribution in [0.1, 0.15) is 34.2 Å². The number of nitrogens with zero attached hydrogens (tertiary/aromatic N) is 2. The average Bonchev–Trinajstić information content (AvgIpc) is 2.79. The number of carbonyl (C=O) groups excluding carboxylic acids is 2. The average molecular weight is 384 g/mol. The van der Waals surface area contributed by atoms with Gasteiger partial charge in [-0.25, -0.2) is 4.79 Å². The Morgan fingerprint density at radius 2 is 1.93 bits per heavy atom. The predicted molar refractivity (Wildman–Crippen MR) is 92.0 cm³/mol. The first-order valence-electron chi connectivity index (χ1n) is 7.90. The minimum absolute atomic E-state index is 0.253. The van der Waals surface area contributed by atoms with Gasteiger partial charge in [0.1, 0.15) is 0 Å². The summed E-state index contributed by atoms with van der Waals surface area (Å²) in [6.07, 6.45) is -5.78. The van der Waals surface area contributed by atoms with Gasteiger partial charge in [0.2, 0.25) is 0 Å². The van der Waals surface area contributed by atoms with Crippen molar-refractivity contribution in [2.24, 2.45) is 7.05 Å². The molecule has 0 radical (unpaired) electrons. The second-order valence-corrected chi connectivity index (χ2v) is 6.01. The summed E-state index contributed by atoms with van der Waals surface area (Å²) in [6.45, 7) is 4.81. The molecule has 1 atom stereocenters. The number of carbonyl (C=O) groups is 2. The van der Waals surface area contributed by atoms with Gasteiger partial charge >= 0.3 is 12.1 Å². The van der Waals surface area contributed by atoms with Crippen molar-refractivity contribution in [2.45, 2.75) is 33.1 Å². The SMILES string of the molecule is Cc1nn(C)c(C)c1NC(=O)[C@H](C)OC(=O)c1ccc(C(F)(F)F)cc1N. The van der Waals surface area contributed by atoms with Gasteiger partial charge in [-0.05, 0) is 39.0 Å². The second kappa shape index (κ2) is 7.29. The molecule has 0 aliphatic rings. The smallest absolute Gasteiger partial charge is 0.416 e. The van der Waals surface area contributed by atoms with Crippen molar-refractivity contribution in [3.63, 3.8) is 0 Å². The third kappa shape index (κ3) is 4.39. The van der Waals surface area contributed by atoms with Crippen LogP contribution in [-0.2, 0) is 22.8 Å². The van der Waals surface area contributed by atoms with Gasteiger partial charge in [-0.1, -0.05) is 0 Å². The Kier molecular flexibility index (Phi) is 5.48. The Balaban J connectivity index is 2.10. The van der Waals surface area contributed by atoms with E-state index in [2.05, 4.69) is 10.4 Å². The van der Waals surface area contributed by atoms with Crippen LogP contribution in [-0.4, -0.2) is 27.8 Å². The van der Waals surface area contributed by atoms with Crippen molar-refractivity contribution in [2.75, 3.05) is 11.1 Å². The van der Waals surface area contributed by atoms with Crippen LogP contribution in [0.5, 0.6) is 0 Å². The molecule has 2 aromatic rings. The van der Waals surface area contributed by atoms with E-state index in [0.29, 0.717) is 23.1 Å². The number of benzene rings is 1. The van der Waals surface area contributed by atoms with Gasteiger partial charge < -0.3 is 15.8 Å². The maximum absolute atomic E-state index is 12.7. The fourth-order valence-electron chi connectivity index (χ4n) is 2.38. The topological polar surface area (TPSA) is 99.2 Å². The summed E-state index contributed by atoms with van der Waals surface area (Å²) < 4.78 is 44.6. The third-order valence-corrected chi connectivity index (χ3v) is 4.01. The summed E-state index contributed by atoms with van der Waals surface area (Å²) in [5.74, 6) is -1.60. The molecule has 1 heterocycles. The first kappa shape index (κ1) is 20.3. The lowest BCUT2D eigenvalue weighted by atomic mass is 10.1. The number of hydrogen-bond donors (Lipinski definition) is 2. The van der Waals surface area contributed by atoms with Crippen molar-refractivity contribution in [3.8, 4) is 0 Å². The van der Waals surface area contributed by atoms with E-state index in [0.717, 1.165) is 12.1 Å². The molecule has 0 aliphatic carbocycles. The Morgan fingerprint density at radius 1 is 1.30 bits per heavy atom. The molecule has 1 aromatic heterocycles. The Morgan fingerprint density at radius 3 is 2.41 bits per heavy atom. The molecule has 0 aliphatic heterocycles. The number of amides is 1. The van der Waals surface area contributed by atoms with Crippen molar-refractivity contribution >= 4 is 23.3 Å². The van der Waals surface area contributed by atoms with E-state index >= 15 is 0 Å². The minimum atomic E-state index is -4.58. The van der Waals surface area contributed by atoms with Crippen molar-refractivity contribution in [1.82, 2.24) is 9.78 Å². The van der Waals surface area contributed by atoms with Crippen LogP contribution < -0.4 is 11.1 Å². The van der Waals surface area contributed by atoms with Gasteiger partial charge in [0.25, 0.3) is 5.91 Å². The molecule has 0 unspecified atom stereocenters. The Bertz CT molecular complexity index is 890. The molecule has 7 nitrogen and oxygen atoms in total. The summed E-state index contributed by atoms with van der Waals surface area (Å²) in [4.78, 5) is 24.4. The van der Waals surface area contributed by atoms with E-state index in [9.17, 15) is 22.8 Å². The number of aryl methyl sites for hydroxylation is 2. The van der Waals surface area contributed by atoms with Gasteiger partial charge in [0.05, 0.1) is 28.2 Å². The third-order valence-electron chi connectivity index (χ3n) is 4.01. The summed E-state index contributed by atoms with van der Waals surface area (Å²) in [5.41, 5.74) is 5.71. The van der Waals surface area contributed by atoms with Crippen LogP contribution in [0.3, 0.4) is 0 Å². The monoisotopic (exact) mass is 384 g/mol. The second-order valence-electron chi connectivity index (χ2n) is 6.01. The molecule has 27 heavy (non-hydrogen) atoms. The zero-order valence-corrected chi connectivity index (χ0v) is 15.1. The number of halogens is 3. The summed E-state index contributed by atoms with van der Waals surface area (Å²) >= 11 is 0. The molecule has 0 bridgehead atoms. The van der Waals surface area contributed by atoms with E-state index < -0.39 is 29.7 Å². The molecule has 0 fully saturated rings. The molecule has 3 N–H and O–H groups in total. The molecule has 1 amide bonds. The number of aromatic nitrogens is 2. The molecule has 0 saturated carbocycles. The first-order valence-corrected chi connectivity index (χ1v) is 7.90. The van der Waals surface area contributed by atoms with Gasteiger partial charge in [-0.15, -0.1) is 0 Å². The van der Waals surface area contributed by atoms with Gasteiger partial charge in [0, 0.05) is 12.7 Å². The van der Waals surface area contributed by atoms with Crippen LogP contribution in [0.4, 0.5) is 24.5 Å². The highest BCUT2D eigenvalue weighted by Crippen LogP contribution is 2.31. The molecule has 0 spiro atoms. The number of ether oxygens (including phenoxy) is 1. The molecule has 2 rings (SSSR count). The van der Waals surface area contributed by atoms with Crippen LogP contribution in [0.25, 0.3) is 0 Å². The van der Waals surface area contributed by atoms with E-state index in [1.807, 2.05) is 0 Å². The number of rotatable bonds is 4. The minimum Gasteiger partial charge on any atom is -0.449 e. The summed E-state index contributed by atoms with van der Waals surface area (Å²) in [6, 6.07) is 2.28. The molecular weight excluding hydrogens is 365 g/mol. The molecule has 146 valence electrons. The number of hydrogen-bond acceptors (Lipinski definition) is 5. The van der Waals surface area contributed by atoms with E-state index in [1.165, 1.54) is 6.92 Å². The number of nitrogens with two attached hydrogens (primary N) is 1. The molecule has 0 saturated heterocycles. The van der Waals surface area contributed by atoms with Crippen LogP contribution in [0.2, 0.25) is 0 Å². The fraction of sp³-hybridized carbons (Fsp3) is 0.353. The highest BCUT2D eigenvalue weighted by Gasteiger charge is 2.31. The Hall–Kier alpha value is -3.04. The van der Waals surface area contributed by atoms with Crippen molar-refractivity contribution < 1.29 is 27.5 Å². The maximum Gasteiger partial charge on any atom is 0.416 e. The largest absolute Gasteiger partial charge is 0.449 e. The van der Waals surface area contributed by atoms with Crippen LogP contribution >= 0.6 is 0 Å². The Labute approximate surface area is 153 Å². The maximum atomic E-state index is 12.7. The van der Waals surface area contributed by atoms with E-state index in [1.54, 1.807) is 25.6 Å². The molecular formula is C17H19F3N4O3. The number of nitrogen functional groups attached to an aromatic ring is 1. The first-order chi connectivity index (χ1) is 12.4. The summed E-state index contributed by atoms with van der Waals surface area (Å²) in [5, 5.41) is 6.78. The van der Waals surface area contributed by atoms with Crippen molar-refractivity contribution in [1.29, 1.82) is 0 Å². The van der Waals surface area contributed by atoms with Crippen molar-refractivity contribution in [3.05, 3.63) is 40.7 Å². The number of esters is 1.